The molecule has 3 rings (SSSR count). The van der Waals surface area contributed by atoms with Crippen molar-refractivity contribution in [2.24, 2.45) is 0 Å². The first-order chi connectivity index (χ1) is 8.62. The van der Waals surface area contributed by atoms with E-state index in [0.717, 1.165) is 26.1 Å². The molecule has 0 radical (unpaired) electrons. The third kappa shape index (κ3) is 2.54. The van der Waals surface area contributed by atoms with Crippen molar-refractivity contribution >= 4 is 0 Å². The summed E-state index contributed by atoms with van der Waals surface area (Å²) in [5.74, 6) is -2.52. The second-order valence-corrected chi connectivity index (χ2v) is 5.39. The van der Waals surface area contributed by atoms with Crippen LogP contribution in [0.5, 0.6) is 0 Å². The van der Waals surface area contributed by atoms with Crippen LogP contribution < -0.4 is 5.32 Å². The van der Waals surface area contributed by atoms with Gasteiger partial charge in [-0.25, -0.2) is 8.78 Å². The largest absolute Gasteiger partial charge is 0.307 e. The summed E-state index contributed by atoms with van der Waals surface area (Å²) < 4.78 is 26.2. The zero-order valence-electron chi connectivity index (χ0n) is 10.3. The van der Waals surface area contributed by atoms with Crippen molar-refractivity contribution in [3.8, 4) is 0 Å². The van der Waals surface area contributed by atoms with Crippen LogP contribution in [0.2, 0.25) is 0 Å². The number of nitrogens with zero attached hydrogens (tertiary/aromatic N) is 1. The predicted octanol–water partition coefficient (Wildman–Crippen LogP) is 2.04. The Kier molecular flexibility index (Phi) is 3.08. The smallest absolute Gasteiger partial charge is 0.261 e. The van der Waals surface area contributed by atoms with Gasteiger partial charge in [-0.2, -0.15) is 0 Å². The highest BCUT2D eigenvalue weighted by Gasteiger charge is 2.39. The van der Waals surface area contributed by atoms with Crippen molar-refractivity contribution in [3.63, 3.8) is 0 Å². The average molecular weight is 252 g/mol. The summed E-state index contributed by atoms with van der Waals surface area (Å²) >= 11 is 0. The van der Waals surface area contributed by atoms with Crippen molar-refractivity contribution in [1.29, 1.82) is 0 Å². The number of halogens is 2. The molecule has 0 aromatic heterocycles. The van der Waals surface area contributed by atoms with Crippen LogP contribution in [0.15, 0.2) is 24.3 Å². The molecule has 18 heavy (non-hydrogen) atoms. The maximum atomic E-state index is 13.1. The SMILES string of the molecule is FC1(F)CNC(CN2CCc3ccccc3C2)C1. The Morgan fingerprint density at radius 3 is 2.78 bits per heavy atom. The minimum atomic E-state index is -2.52. The van der Waals surface area contributed by atoms with Crippen LogP contribution in [0.25, 0.3) is 0 Å². The zero-order valence-corrected chi connectivity index (χ0v) is 10.3. The highest BCUT2D eigenvalue weighted by Crippen LogP contribution is 2.26. The summed E-state index contributed by atoms with van der Waals surface area (Å²) in [4.78, 5) is 2.28. The topological polar surface area (TPSA) is 15.3 Å². The minimum Gasteiger partial charge on any atom is -0.307 e. The van der Waals surface area contributed by atoms with Gasteiger partial charge in [0, 0.05) is 32.1 Å². The molecule has 2 aliphatic heterocycles. The monoisotopic (exact) mass is 252 g/mol. The highest BCUT2D eigenvalue weighted by atomic mass is 19.3. The minimum absolute atomic E-state index is 0.0227. The lowest BCUT2D eigenvalue weighted by Crippen LogP contribution is -2.40. The normalized spacial score (nSPS) is 27.1. The number of hydrogen-bond donors (Lipinski definition) is 1. The summed E-state index contributed by atoms with van der Waals surface area (Å²) in [6.07, 6.45) is 1.00. The summed E-state index contributed by atoms with van der Waals surface area (Å²) in [6, 6.07) is 8.34. The Hall–Kier alpha value is -1.00. The molecular weight excluding hydrogens is 234 g/mol. The predicted molar refractivity (Wildman–Crippen MR) is 66.8 cm³/mol. The molecule has 4 heteroatoms. The van der Waals surface area contributed by atoms with E-state index >= 15 is 0 Å². The van der Waals surface area contributed by atoms with Gasteiger partial charge in [0.1, 0.15) is 0 Å². The number of nitrogens with one attached hydrogen (secondary N) is 1. The van der Waals surface area contributed by atoms with E-state index in [1.807, 2.05) is 6.07 Å². The van der Waals surface area contributed by atoms with E-state index in [-0.39, 0.29) is 19.0 Å². The maximum Gasteiger partial charge on any atom is 0.261 e. The summed E-state index contributed by atoms with van der Waals surface area (Å²) in [6.45, 7) is 2.42. The number of hydrogen-bond acceptors (Lipinski definition) is 2. The molecule has 1 aromatic rings. The second-order valence-electron chi connectivity index (χ2n) is 5.39. The molecule has 1 unspecified atom stereocenters. The molecule has 1 fully saturated rings. The molecule has 98 valence electrons. The van der Waals surface area contributed by atoms with E-state index in [2.05, 4.69) is 28.4 Å². The molecule has 2 nitrogen and oxygen atoms in total. The van der Waals surface area contributed by atoms with E-state index in [1.54, 1.807) is 0 Å². The summed E-state index contributed by atoms with van der Waals surface area (Å²) in [5, 5.41) is 2.93. The fourth-order valence-corrected chi connectivity index (χ4v) is 2.95. The number of rotatable bonds is 2. The Balaban J connectivity index is 1.60. The number of fused-ring (bicyclic) bond motifs is 1. The third-order valence-electron chi connectivity index (χ3n) is 3.88. The Bertz CT molecular complexity index is 434. The van der Waals surface area contributed by atoms with Gasteiger partial charge in [0.2, 0.25) is 0 Å². The van der Waals surface area contributed by atoms with E-state index in [9.17, 15) is 8.78 Å². The van der Waals surface area contributed by atoms with Crippen LogP contribution >= 0.6 is 0 Å². The molecule has 0 spiro atoms. The van der Waals surface area contributed by atoms with Crippen molar-refractivity contribution in [2.45, 2.75) is 31.4 Å². The maximum absolute atomic E-state index is 13.1. The fourth-order valence-electron chi connectivity index (χ4n) is 2.95. The Labute approximate surface area is 106 Å². The van der Waals surface area contributed by atoms with Crippen molar-refractivity contribution in [1.82, 2.24) is 10.2 Å². The number of alkyl halides is 2. The second kappa shape index (κ2) is 4.59. The first-order valence-corrected chi connectivity index (χ1v) is 6.53. The van der Waals surface area contributed by atoms with Gasteiger partial charge < -0.3 is 5.32 Å². The third-order valence-corrected chi connectivity index (χ3v) is 3.88. The molecule has 0 amide bonds. The molecule has 1 atom stereocenters. The molecule has 1 aromatic carbocycles. The molecule has 0 aliphatic carbocycles. The van der Waals surface area contributed by atoms with Gasteiger partial charge in [0.05, 0.1) is 6.54 Å². The lowest BCUT2D eigenvalue weighted by atomic mass is 9.99. The van der Waals surface area contributed by atoms with E-state index in [0.29, 0.717) is 0 Å². The van der Waals surface area contributed by atoms with Gasteiger partial charge in [-0.15, -0.1) is 0 Å². The standard InChI is InChI=1S/C14H18F2N2/c15-14(16)7-13(17-10-14)9-18-6-5-11-3-1-2-4-12(11)8-18/h1-4,13,17H,5-10H2. The van der Waals surface area contributed by atoms with Crippen molar-refractivity contribution in [3.05, 3.63) is 35.4 Å². The van der Waals surface area contributed by atoms with Crippen LogP contribution in [-0.2, 0) is 13.0 Å². The van der Waals surface area contributed by atoms with E-state index < -0.39 is 5.92 Å². The molecule has 1 saturated heterocycles. The van der Waals surface area contributed by atoms with Crippen LogP contribution in [0, 0.1) is 0 Å². The van der Waals surface area contributed by atoms with Crippen molar-refractivity contribution < 1.29 is 8.78 Å². The molecular formula is C14H18F2N2. The fraction of sp³-hybridized carbons (Fsp3) is 0.571. The quantitative estimate of drug-likeness (QED) is 0.866. The van der Waals surface area contributed by atoms with E-state index in [4.69, 9.17) is 0 Å². The van der Waals surface area contributed by atoms with E-state index in [1.165, 1.54) is 11.1 Å². The lowest BCUT2D eigenvalue weighted by Gasteiger charge is -2.30. The van der Waals surface area contributed by atoms with Crippen LogP contribution in [0.1, 0.15) is 17.5 Å². The molecule has 2 aliphatic rings. The van der Waals surface area contributed by atoms with Gasteiger partial charge in [-0.3, -0.25) is 4.90 Å². The van der Waals surface area contributed by atoms with Crippen LogP contribution in [0.3, 0.4) is 0 Å². The van der Waals surface area contributed by atoms with Gasteiger partial charge in [-0.05, 0) is 17.5 Å². The molecule has 1 N–H and O–H groups in total. The van der Waals surface area contributed by atoms with Gasteiger partial charge in [0.25, 0.3) is 5.92 Å². The van der Waals surface area contributed by atoms with Crippen molar-refractivity contribution in [2.75, 3.05) is 19.6 Å². The molecule has 2 heterocycles. The van der Waals surface area contributed by atoms with Gasteiger partial charge in [0.15, 0.2) is 0 Å². The lowest BCUT2D eigenvalue weighted by molar-refractivity contribution is 0.0198. The van der Waals surface area contributed by atoms with Crippen LogP contribution in [-0.4, -0.2) is 36.5 Å². The highest BCUT2D eigenvalue weighted by molar-refractivity contribution is 5.29. The summed E-state index contributed by atoms with van der Waals surface area (Å²) in [5.41, 5.74) is 2.74. The van der Waals surface area contributed by atoms with Gasteiger partial charge >= 0.3 is 0 Å². The van der Waals surface area contributed by atoms with Gasteiger partial charge in [-0.1, -0.05) is 24.3 Å². The zero-order chi connectivity index (χ0) is 12.6. The average Bonchev–Trinajstić information content (AvgIpc) is 2.68. The molecule has 0 saturated carbocycles. The Morgan fingerprint density at radius 1 is 1.28 bits per heavy atom. The first-order valence-electron chi connectivity index (χ1n) is 6.53. The molecule has 0 bridgehead atoms. The number of benzene rings is 1. The van der Waals surface area contributed by atoms with Crippen LogP contribution in [0.4, 0.5) is 8.78 Å². The summed E-state index contributed by atoms with van der Waals surface area (Å²) in [7, 11) is 0. The Morgan fingerprint density at radius 2 is 2.06 bits per heavy atom. The first kappa shape index (κ1) is 12.1.